The largest absolute Gasteiger partial charge is 0.385 e. The van der Waals surface area contributed by atoms with Crippen molar-refractivity contribution in [3.8, 4) is 0 Å². The SMILES string of the molecule is CC1(C(O)c2cc(F)ccc2Cl)CCCO1. The van der Waals surface area contributed by atoms with Crippen LogP contribution in [0.15, 0.2) is 18.2 Å². The number of hydrogen-bond donors (Lipinski definition) is 1. The zero-order chi connectivity index (χ0) is 11.8. The van der Waals surface area contributed by atoms with E-state index in [0.29, 0.717) is 17.2 Å². The number of aliphatic hydroxyl groups excluding tert-OH is 1. The first kappa shape index (κ1) is 11.8. The van der Waals surface area contributed by atoms with Gasteiger partial charge in [0.15, 0.2) is 0 Å². The minimum atomic E-state index is -0.891. The molecule has 1 heterocycles. The van der Waals surface area contributed by atoms with Crippen molar-refractivity contribution in [2.24, 2.45) is 0 Å². The van der Waals surface area contributed by atoms with Gasteiger partial charge in [0.1, 0.15) is 11.9 Å². The van der Waals surface area contributed by atoms with Crippen molar-refractivity contribution in [3.05, 3.63) is 34.6 Å². The summed E-state index contributed by atoms with van der Waals surface area (Å²) in [6.45, 7) is 2.45. The molecule has 0 aliphatic carbocycles. The minimum Gasteiger partial charge on any atom is -0.385 e. The normalized spacial score (nSPS) is 27.0. The monoisotopic (exact) mass is 244 g/mol. The van der Waals surface area contributed by atoms with Gasteiger partial charge < -0.3 is 9.84 Å². The van der Waals surface area contributed by atoms with Gasteiger partial charge in [0, 0.05) is 17.2 Å². The quantitative estimate of drug-likeness (QED) is 0.866. The molecule has 2 atom stereocenters. The first-order valence-electron chi connectivity index (χ1n) is 5.30. The van der Waals surface area contributed by atoms with Crippen molar-refractivity contribution in [3.63, 3.8) is 0 Å². The second kappa shape index (κ2) is 4.32. The van der Waals surface area contributed by atoms with Crippen molar-refractivity contribution in [1.82, 2.24) is 0 Å². The summed E-state index contributed by atoms with van der Waals surface area (Å²) >= 11 is 5.95. The molecule has 4 heteroatoms. The van der Waals surface area contributed by atoms with Crippen LogP contribution in [0.2, 0.25) is 5.02 Å². The van der Waals surface area contributed by atoms with Crippen molar-refractivity contribution in [2.45, 2.75) is 31.5 Å². The molecule has 16 heavy (non-hydrogen) atoms. The third kappa shape index (κ3) is 2.08. The Balaban J connectivity index is 2.32. The van der Waals surface area contributed by atoms with Gasteiger partial charge in [-0.05, 0) is 38.0 Å². The van der Waals surface area contributed by atoms with Crippen LogP contribution in [0.25, 0.3) is 0 Å². The molecule has 0 amide bonds. The Morgan fingerprint density at radius 1 is 1.56 bits per heavy atom. The van der Waals surface area contributed by atoms with E-state index in [-0.39, 0.29) is 0 Å². The summed E-state index contributed by atoms with van der Waals surface area (Å²) in [5, 5.41) is 10.6. The van der Waals surface area contributed by atoms with E-state index >= 15 is 0 Å². The summed E-state index contributed by atoms with van der Waals surface area (Å²) < 4.78 is 18.6. The second-order valence-corrected chi connectivity index (χ2v) is 4.74. The van der Waals surface area contributed by atoms with Crippen molar-refractivity contribution >= 4 is 11.6 Å². The van der Waals surface area contributed by atoms with E-state index in [9.17, 15) is 9.50 Å². The molecule has 1 aliphatic heterocycles. The molecular weight excluding hydrogens is 231 g/mol. The van der Waals surface area contributed by atoms with Crippen LogP contribution >= 0.6 is 11.6 Å². The van der Waals surface area contributed by atoms with Crippen LogP contribution in [0.5, 0.6) is 0 Å². The predicted octanol–water partition coefficient (Wildman–Crippen LogP) is 3.08. The highest BCUT2D eigenvalue weighted by molar-refractivity contribution is 6.31. The zero-order valence-electron chi connectivity index (χ0n) is 9.04. The molecule has 2 nitrogen and oxygen atoms in total. The fourth-order valence-corrected chi connectivity index (χ4v) is 2.29. The van der Waals surface area contributed by atoms with Crippen LogP contribution in [-0.4, -0.2) is 17.3 Å². The van der Waals surface area contributed by atoms with E-state index in [1.165, 1.54) is 18.2 Å². The van der Waals surface area contributed by atoms with Crippen LogP contribution < -0.4 is 0 Å². The standard InChI is InChI=1S/C12H14ClFO2/c1-12(5-2-6-16-12)11(15)9-7-8(14)3-4-10(9)13/h3-4,7,11,15H,2,5-6H2,1H3. The van der Waals surface area contributed by atoms with Crippen LogP contribution in [0.1, 0.15) is 31.4 Å². The Hall–Kier alpha value is -0.640. The average molecular weight is 245 g/mol. The molecule has 2 rings (SSSR count). The lowest BCUT2D eigenvalue weighted by Crippen LogP contribution is -2.32. The van der Waals surface area contributed by atoms with E-state index in [1.54, 1.807) is 0 Å². The fraction of sp³-hybridized carbons (Fsp3) is 0.500. The van der Waals surface area contributed by atoms with Gasteiger partial charge in [0.05, 0.1) is 5.60 Å². The maximum absolute atomic E-state index is 13.1. The van der Waals surface area contributed by atoms with Crippen molar-refractivity contribution in [1.29, 1.82) is 0 Å². The third-order valence-corrected chi connectivity index (χ3v) is 3.42. The van der Waals surface area contributed by atoms with Gasteiger partial charge in [-0.15, -0.1) is 0 Å². The van der Waals surface area contributed by atoms with Gasteiger partial charge in [0.2, 0.25) is 0 Å². The lowest BCUT2D eigenvalue weighted by atomic mass is 9.90. The fourth-order valence-electron chi connectivity index (χ4n) is 2.07. The summed E-state index contributed by atoms with van der Waals surface area (Å²) in [6.07, 6.45) is 0.764. The first-order chi connectivity index (χ1) is 7.53. The van der Waals surface area contributed by atoms with Crippen molar-refractivity contribution < 1.29 is 14.2 Å². The molecular formula is C12H14ClFO2. The average Bonchev–Trinajstić information content (AvgIpc) is 2.69. The van der Waals surface area contributed by atoms with Gasteiger partial charge in [-0.1, -0.05) is 11.6 Å². The van der Waals surface area contributed by atoms with E-state index in [0.717, 1.165) is 12.8 Å². The van der Waals surface area contributed by atoms with E-state index in [2.05, 4.69) is 0 Å². The number of rotatable bonds is 2. The number of hydrogen-bond acceptors (Lipinski definition) is 2. The first-order valence-corrected chi connectivity index (χ1v) is 5.68. The summed E-state index contributed by atoms with van der Waals surface area (Å²) in [5.74, 6) is -0.403. The van der Waals surface area contributed by atoms with Crippen LogP contribution in [0.3, 0.4) is 0 Å². The zero-order valence-corrected chi connectivity index (χ0v) is 9.80. The van der Waals surface area contributed by atoms with Crippen LogP contribution in [-0.2, 0) is 4.74 Å². The Labute approximate surface area is 99.0 Å². The Morgan fingerprint density at radius 3 is 2.94 bits per heavy atom. The van der Waals surface area contributed by atoms with Crippen LogP contribution in [0, 0.1) is 5.82 Å². The Morgan fingerprint density at radius 2 is 2.31 bits per heavy atom. The number of halogens is 2. The molecule has 2 unspecified atom stereocenters. The molecule has 0 radical (unpaired) electrons. The maximum atomic E-state index is 13.1. The third-order valence-electron chi connectivity index (χ3n) is 3.08. The van der Waals surface area contributed by atoms with Gasteiger partial charge in [-0.3, -0.25) is 0 Å². The predicted molar refractivity (Wildman–Crippen MR) is 60.0 cm³/mol. The van der Waals surface area contributed by atoms with Crippen molar-refractivity contribution in [2.75, 3.05) is 6.61 Å². The maximum Gasteiger partial charge on any atom is 0.123 e. The highest BCUT2D eigenvalue weighted by Gasteiger charge is 2.39. The summed E-state index contributed by atoms with van der Waals surface area (Å²) in [6, 6.07) is 3.99. The van der Waals surface area contributed by atoms with E-state index in [4.69, 9.17) is 16.3 Å². The molecule has 88 valence electrons. The van der Waals surface area contributed by atoms with Gasteiger partial charge in [0.25, 0.3) is 0 Å². The van der Waals surface area contributed by atoms with E-state index < -0.39 is 17.5 Å². The molecule has 1 aromatic carbocycles. The molecule has 0 spiro atoms. The molecule has 1 aliphatic rings. The van der Waals surface area contributed by atoms with Gasteiger partial charge >= 0.3 is 0 Å². The van der Waals surface area contributed by atoms with Gasteiger partial charge in [-0.2, -0.15) is 0 Å². The molecule has 1 saturated heterocycles. The Bertz CT molecular complexity index is 389. The molecule has 1 aromatic rings. The molecule has 1 fully saturated rings. The smallest absolute Gasteiger partial charge is 0.123 e. The Kier molecular flexibility index (Phi) is 3.19. The topological polar surface area (TPSA) is 29.5 Å². The highest BCUT2D eigenvalue weighted by atomic mass is 35.5. The van der Waals surface area contributed by atoms with Crippen LogP contribution in [0.4, 0.5) is 4.39 Å². The second-order valence-electron chi connectivity index (χ2n) is 4.33. The highest BCUT2D eigenvalue weighted by Crippen LogP contribution is 2.39. The lowest BCUT2D eigenvalue weighted by molar-refractivity contribution is -0.0796. The minimum absolute atomic E-state index is 0.366. The van der Waals surface area contributed by atoms with E-state index in [1.807, 2.05) is 6.92 Å². The number of ether oxygens (including phenoxy) is 1. The summed E-state index contributed by atoms with van der Waals surface area (Å²) in [4.78, 5) is 0. The molecule has 1 N–H and O–H groups in total. The van der Waals surface area contributed by atoms with Gasteiger partial charge in [-0.25, -0.2) is 4.39 Å². The molecule has 0 aromatic heterocycles. The number of aliphatic hydroxyl groups is 1. The summed E-state index contributed by atoms with van der Waals surface area (Å²) in [5.41, 5.74) is -0.261. The molecule has 0 bridgehead atoms. The summed E-state index contributed by atoms with van der Waals surface area (Å²) in [7, 11) is 0. The lowest BCUT2D eigenvalue weighted by Gasteiger charge is -2.30. The molecule has 0 saturated carbocycles. The number of benzene rings is 1.